The number of carbonyl (C=O) groups is 1. The van der Waals surface area contributed by atoms with Gasteiger partial charge in [-0.1, -0.05) is 30.4 Å². The molecule has 1 amide bonds. The average Bonchev–Trinajstić information content (AvgIpc) is 2.30. The monoisotopic (exact) mass is 232 g/mol. The van der Waals surface area contributed by atoms with Crippen molar-refractivity contribution in [2.75, 3.05) is 13.1 Å². The van der Waals surface area contributed by atoms with E-state index in [-0.39, 0.29) is 5.91 Å². The van der Waals surface area contributed by atoms with E-state index in [9.17, 15) is 4.79 Å². The smallest absolute Gasteiger partial charge is 0.224 e. The summed E-state index contributed by atoms with van der Waals surface area (Å²) in [7, 11) is 0. The number of benzene rings is 1. The maximum atomic E-state index is 11.6. The molecule has 0 saturated heterocycles. The van der Waals surface area contributed by atoms with Crippen LogP contribution in [-0.4, -0.2) is 19.0 Å². The van der Waals surface area contributed by atoms with Gasteiger partial charge in [0.1, 0.15) is 0 Å². The quantitative estimate of drug-likeness (QED) is 0.755. The Morgan fingerprint density at radius 3 is 2.71 bits per heavy atom. The molecule has 17 heavy (non-hydrogen) atoms. The fourth-order valence-electron chi connectivity index (χ4n) is 1.51. The van der Waals surface area contributed by atoms with Crippen LogP contribution >= 0.6 is 0 Å². The Morgan fingerprint density at radius 1 is 1.29 bits per heavy atom. The van der Waals surface area contributed by atoms with Crippen LogP contribution in [0.25, 0.3) is 0 Å². The zero-order valence-electron chi connectivity index (χ0n) is 10.5. The minimum absolute atomic E-state index is 0.0370. The lowest BCUT2D eigenvalue weighted by atomic mass is 10.0. The van der Waals surface area contributed by atoms with E-state index < -0.39 is 0 Å². The standard InChI is InChI=1S/C14H20N2O/c1-11-5-6-13(9-12(11)2)10-14(17)16-8-4-3-7-15/h3-6,9H,7-8,10,15H2,1-2H3,(H,16,17)/b4-3+. The van der Waals surface area contributed by atoms with E-state index >= 15 is 0 Å². The van der Waals surface area contributed by atoms with Crippen LogP contribution in [0.1, 0.15) is 16.7 Å². The first-order chi connectivity index (χ1) is 8.13. The predicted octanol–water partition coefficient (Wildman–Crippen LogP) is 1.48. The normalized spacial score (nSPS) is 10.8. The van der Waals surface area contributed by atoms with Crippen molar-refractivity contribution < 1.29 is 4.79 Å². The molecular weight excluding hydrogens is 212 g/mol. The molecule has 0 atom stereocenters. The molecule has 0 radical (unpaired) electrons. The number of aryl methyl sites for hydroxylation is 2. The summed E-state index contributed by atoms with van der Waals surface area (Å²) in [4.78, 5) is 11.6. The fourth-order valence-corrected chi connectivity index (χ4v) is 1.51. The number of amides is 1. The molecule has 3 heteroatoms. The van der Waals surface area contributed by atoms with Crippen molar-refractivity contribution in [3.05, 3.63) is 47.0 Å². The van der Waals surface area contributed by atoms with E-state index in [4.69, 9.17) is 5.73 Å². The maximum absolute atomic E-state index is 11.6. The second kappa shape index (κ2) is 6.86. The van der Waals surface area contributed by atoms with Gasteiger partial charge in [0.2, 0.25) is 5.91 Å². The highest BCUT2D eigenvalue weighted by atomic mass is 16.1. The van der Waals surface area contributed by atoms with E-state index in [0.717, 1.165) is 5.56 Å². The minimum Gasteiger partial charge on any atom is -0.352 e. The second-order valence-electron chi connectivity index (χ2n) is 4.11. The van der Waals surface area contributed by atoms with Crippen molar-refractivity contribution in [1.82, 2.24) is 5.32 Å². The van der Waals surface area contributed by atoms with Gasteiger partial charge in [0.25, 0.3) is 0 Å². The molecule has 0 aliphatic carbocycles. The van der Waals surface area contributed by atoms with Gasteiger partial charge in [-0.3, -0.25) is 4.79 Å². The molecule has 1 aromatic carbocycles. The molecule has 3 N–H and O–H groups in total. The molecule has 0 aliphatic heterocycles. The van der Waals surface area contributed by atoms with Gasteiger partial charge in [-0.25, -0.2) is 0 Å². The Bertz CT molecular complexity index is 411. The Morgan fingerprint density at radius 2 is 2.06 bits per heavy atom. The van der Waals surface area contributed by atoms with Gasteiger partial charge >= 0.3 is 0 Å². The summed E-state index contributed by atoms with van der Waals surface area (Å²) in [5, 5.41) is 2.82. The van der Waals surface area contributed by atoms with Crippen LogP contribution < -0.4 is 11.1 Å². The molecule has 1 rings (SSSR count). The second-order valence-corrected chi connectivity index (χ2v) is 4.11. The first kappa shape index (κ1) is 13.5. The van der Waals surface area contributed by atoms with Crippen LogP contribution in [0.15, 0.2) is 30.4 Å². The molecule has 92 valence electrons. The minimum atomic E-state index is 0.0370. The van der Waals surface area contributed by atoms with Crippen LogP contribution in [0.3, 0.4) is 0 Å². The van der Waals surface area contributed by atoms with Gasteiger partial charge in [0.05, 0.1) is 6.42 Å². The lowest BCUT2D eigenvalue weighted by Gasteiger charge is -2.05. The molecule has 0 heterocycles. The lowest BCUT2D eigenvalue weighted by molar-refractivity contribution is -0.120. The zero-order valence-corrected chi connectivity index (χ0v) is 10.5. The SMILES string of the molecule is Cc1ccc(CC(=O)NC/C=C/CN)cc1C. The third-order valence-corrected chi connectivity index (χ3v) is 2.66. The van der Waals surface area contributed by atoms with E-state index in [1.54, 1.807) is 0 Å². The summed E-state index contributed by atoms with van der Waals surface area (Å²) in [6.07, 6.45) is 4.12. The van der Waals surface area contributed by atoms with Crippen molar-refractivity contribution in [3.8, 4) is 0 Å². The van der Waals surface area contributed by atoms with Crippen LogP contribution in [0.2, 0.25) is 0 Å². The number of rotatable bonds is 5. The lowest BCUT2D eigenvalue weighted by Crippen LogP contribution is -2.25. The average molecular weight is 232 g/mol. The Labute approximate surface area is 103 Å². The molecule has 0 unspecified atom stereocenters. The van der Waals surface area contributed by atoms with Gasteiger partial charge in [0, 0.05) is 13.1 Å². The van der Waals surface area contributed by atoms with Crippen LogP contribution in [-0.2, 0) is 11.2 Å². The largest absolute Gasteiger partial charge is 0.352 e. The van der Waals surface area contributed by atoms with Crippen molar-refractivity contribution in [3.63, 3.8) is 0 Å². The number of nitrogens with two attached hydrogens (primary N) is 1. The topological polar surface area (TPSA) is 55.1 Å². The molecule has 0 aliphatic rings. The van der Waals surface area contributed by atoms with Gasteiger partial charge in [0.15, 0.2) is 0 Å². The summed E-state index contributed by atoms with van der Waals surface area (Å²) in [6, 6.07) is 6.11. The molecule has 0 bridgehead atoms. The zero-order chi connectivity index (χ0) is 12.7. The molecule has 0 saturated carbocycles. The Balaban J connectivity index is 2.45. The molecular formula is C14H20N2O. The number of hydrogen-bond donors (Lipinski definition) is 2. The summed E-state index contributed by atoms with van der Waals surface area (Å²) in [5.41, 5.74) is 8.82. The van der Waals surface area contributed by atoms with Gasteiger partial charge in [-0.05, 0) is 30.5 Å². The van der Waals surface area contributed by atoms with Crippen LogP contribution in [0, 0.1) is 13.8 Å². The molecule has 0 aromatic heterocycles. The highest BCUT2D eigenvalue weighted by Crippen LogP contribution is 2.10. The van der Waals surface area contributed by atoms with Gasteiger partial charge in [-0.15, -0.1) is 0 Å². The first-order valence-electron chi connectivity index (χ1n) is 5.81. The Kier molecular flexibility index (Phi) is 5.43. The number of hydrogen-bond acceptors (Lipinski definition) is 2. The van der Waals surface area contributed by atoms with Crippen molar-refractivity contribution in [1.29, 1.82) is 0 Å². The summed E-state index contributed by atoms with van der Waals surface area (Å²) in [6.45, 7) is 5.17. The molecule has 0 fully saturated rings. The van der Waals surface area contributed by atoms with Crippen molar-refractivity contribution in [2.24, 2.45) is 5.73 Å². The third kappa shape index (κ3) is 4.83. The highest BCUT2D eigenvalue weighted by molar-refractivity contribution is 5.78. The summed E-state index contributed by atoms with van der Waals surface area (Å²) < 4.78 is 0. The maximum Gasteiger partial charge on any atom is 0.224 e. The van der Waals surface area contributed by atoms with Crippen LogP contribution in [0.4, 0.5) is 0 Å². The highest BCUT2D eigenvalue weighted by Gasteiger charge is 2.02. The van der Waals surface area contributed by atoms with Gasteiger partial charge in [-0.2, -0.15) is 0 Å². The third-order valence-electron chi connectivity index (χ3n) is 2.66. The van der Waals surface area contributed by atoms with E-state index in [1.165, 1.54) is 11.1 Å². The molecule has 3 nitrogen and oxygen atoms in total. The molecule has 1 aromatic rings. The van der Waals surface area contributed by atoms with Crippen molar-refractivity contribution in [2.45, 2.75) is 20.3 Å². The van der Waals surface area contributed by atoms with Crippen LogP contribution in [0.5, 0.6) is 0 Å². The molecule has 0 spiro atoms. The number of carbonyl (C=O) groups excluding carboxylic acids is 1. The van der Waals surface area contributed by atoms with E-state index in [2.05, 4.69) is 25.2 Å². The number of nitrogens with one attached hydrogen (secondary N) is 1. The van der Waals surface area contributed by atoms with E-state index in [1.807, 2.05) is 24.3 Å². The summed E-state index contributed by atoms with van der Waals surface area (Å²) in [5.74, 6) is 0.0370. The first-order valence-corrected chi connectivity index (χ1v) is 5.81. The fraction of sp³-hybridized carbons (Fsp3) is 0.357. The predicted molar refractivity (Wildman–Crippen MR) is 70.8 cm³/mol. The Hall–Kier alpha value is -1.61. The van der Waals surface area contributed by atoms with Crippen molar-refractivity contribution >= 4 is 5.91 Å². The van der Waals surface area contributed by atoms with Gasteiger partial charge < -0.3 is 11.1 Å². The summed E-state index contributed by atoms with van der Waals surface area (Å²) >= 11 is 0. The van der Waals surface area contributed by atoms with E-state index in [0.29, 0.717) is 19.5 Å².